The molecule has 0 aliphatic rings. The summed E-state index contributed by atoms with van der Waals surface area (Å²) in [6.45, 7) is 0.539. The summed E-state index contributed by atoms with van der Waals surface area (Å²) in [4.78, 5) is 16.9. The van der Waals surface area contributed by atoms with Crippen LogP contribution in [0.5, 0.6) is 11.5 Å². The smallest absolute Gasteiger partial charge is 0.230 e. The molecule has 0 aliphatic carbocycles. The van der Waals surface area contributed by atoms with E-state index in [1.807, 2.05) is 48.0 Å². The first-order valence-electron chi connectivity index (χ1n) is 10.5. The van der Waals surface area contributed by atoms with Crippen molar-refractivity contribution < 1.29 is 14.3 Å². The average molecular weight is 516 g/mol. The fourth-order valence-corrected chi connectivity index (χ4v) is 6.00. The number of rotatable bonds is 11. The van der Waals surface area contributed by atoms with Gasteiger partial charge in [0.15, 0.2) is 21.0 Å². The first kappa shape index (κ1) is 24.4. The number of amides is 1. The summed E-state index contributed by atoms with van der Waals surface area (Å²) in [5.74, 6) is 3.12. The summed E-state index contributed by atoms with van der Waals surface area (Å²) < 4.78 is 14.7. The van der Waals surface area contributed by atoms with Crippen molar-refractivity contribution >= 4 is 51.0 Å². The lowest BCUT2D eigenvalue weighted by Gasteiger charge is -2.10. The maximum absolute atomic E-state index is 12.3. The molecule has 0 fully saturated rings. The second-order valence-electron chi connectivity index (χ2n) is 7.27. The number of benzene rings is 2. The second kappa shape index (κ2) is 11.6. The predicted octanol–water partition coefficient (Wildman–Crippen LogP) is 4.19. The molecule has 178 valence electrons. The lowest BCUT2D eigenvalue weighted by atomic mass is 10.1. The van der Waals surface area contributed by atoms with E-state index in [9.17, 15) is 4.79 Å². The molecule has 0 aliphatic heterocycles. The van der Waals surface area contributed by atoms with E-state index in [0.29, 0.717) is 30.2 Å². The van der Waals surface area contributed by atoms with Crippen molar-refractivity contribution in [1.29, 1.82) is 0 Å². The van der Waals surface area contributed by atoms with E-state index in [0.717, 1.165) is 26.4 Å². The fraction of sp³-hybridized carbons (Fsp3) is 0.304. The van der Waals surface area contributed by atoms with Crippen LogP contribution in [0, 0.1) is 0 Å². The molecule has 1 N–H and O–H groups in total. The highest BCUT2D eigenvalue weighted by atomic mass is 32.2. The van der Waals surface area contributed by atoms with Gasteiger partial charge in [0.2, 0.25) is 5.91 Å². The topological polar surface area (TPSA) is 91.2 Å². The Morgan fingerprint density at radius 3 is 2.71 bits per heavy atom. The van der Waals surface area contributed by atoms with Gasteiger partial charge in [0.1, 0.15) is 5.82 Å². The molecule has 0 saturated heterocycles. The number of methoxy groups -OCH3 is 2. The van der Waals surface area contributed by atoms with E-state index >= 15 is 0 Å². The van der Waals surface area contributed by atoms with Gasteiger partial charge in [0.05, 0.1) is 35.9 Å². The van der Waals surface area contributed by atoms with Crippen molar-refractivity contribution in [2.45, 2.75) is 21.7 Å². The molecule has 11 heteroatoms. The number of carbonyl (C=O) groups is 1. The molecule has 2 aromatic heterocycles. The zero-order valence-corrected chi connectivity index (χ0v) is 21.6. The standard InChI is InChI=1S/C23H25N5O3S3/c1-28-20(13-33-23-25-16-6-4-5-7-19(16)34-23)26-27-22(28)32-14-21(29)24-11-10-15-8-9-17(30-2)18(12-15)31-3/h4-9,12H,10-11,13-14H2,1-3H3,(H,24,29). The molecule has 8 nitrogen and oxygen atoms in total. The monoisotopic (exact) mass is 515 g/mol. The molecule has 4 rings (SSSR count). The molecule has 2 aromatic carbocycles. The Kier molecular flexibility index (Phi) is 8.30. The van der Waals surface area contributed by atoms with Gasteiger partial charge in [-0.15, -0.1) is 21.5 Å². The average Bonchev–Trinajstić information content (AvgIpc) is 3.43. The number of carbonyl (C=O) groups excluding carboxylic acids is 1. The van der Waals surface area contributed by atoms with Crippen LogP contribution in [0.4, 0.5) is 0 Å². The Hall–Kier alpha value is -2.76. The van der Waals surface area contributed by atoms with Crippen LogP contribution in [0.15, 0.2) is 52.0 Å². The Morgan fingerprint density at radius 2 is 1.91 bits per heavy atom. The minimum atomic E-state index is -0.0427. The van der Waals surface area contributed by atoms with Crippen molar-refractivity contribution in [2.75, 3.05) is 26.5 Å². The largest absolute Gasteiger partial charge is 0.493 e. The molecule has 0 saturated carbocycles. The molecule has 4 aromatic rings. The first-order chi connectivity index (χ1) is 16.6. The number of fused-ring (bicyclic) bond motifs is 1. The van der Waals surface area contributed by atoms with Crippen molar-refractivity contribution in [3.8, 4) is 11.5 Å². The quantitative estimate of drug-likeness (QED) is 0.298. The molecule has 34 heavy (non-hydrogen) atoms. The zero-order valence-electron chi connectivity index (χ0n) is 19.1. The number of aromatic nitrogens is 4. The summed E-state index contributed by atoms with van der Waals surface area (Å²) >= 11 is 4.70. The number of para-hydroxylation sites is 1. The Balaban J connectivity index is 1.22. The molecule has 0 atom stereocenters. The highest BCUT2D eigenvalue weighted by molar-refractivity contribution is 8.00. The maximum atomic E-state index is 12.3. The zero-order chi connectivity index (χ0) is 23.9. The van der Waals surface area contributed by atoms with Crippen molar-refractivity contribution in [2.24, 2.45) is 7.05 Å². The van der Waals surface area contributed by atoms with Gasteiger partial charge in [0.25, 0.3) is 0 Å². The van der Waals surface area contributed by atoms with Crippen molar-refractivity contribution in [1.82, 2.24) is 25.1 Å². The van der Waals surface area contributed by atoms with Crippen LogP contribution in [0.2, 0.25) is 0 Å². The minimum absolute atomic E-state index is 0.0427. The lowest BCUT2D eigenvalue weighted by molar-refractivity contribution is -0.118. The third-order valence-corrected chi connectivity index (χ3v) is 8.24. The molecule has 0 unspecified atom stereocenters. The molecule has 2 heterocycles. The van der Waals surface area contributed by atoms with E-state index in [1.165, 1.54) is 16.5 Å². The summed E-state index contributed by atoms with van der Waals surface area (Å²) in [5.41, 5.74) is 2.08. The van der Waals surface area contributed by atoms with E-state index < -0.39 is 0 Å². The van der Waals surface area contributed by atoms with Gasteiger partial charge in [-0.2, -0.15) is 0 Å². The van der Waals surface area contributed by atoms with Crippen LogP contribution < -0.4 is 14.8 Å². The minimum Gasteiger partial charge on any atom is -0.493 e. The molecule has 0 radical (unpaired) electrons. The highest BCUT2D eigenvalue weighted by Crippen LogP contribution is 2.31. The maximum Gasteiger partial charge on any atom is 0.230 e. The number of hydrogen-bond donors (Lipinski definition) is 1. The van der Waals surface area contributed by atoms with Crippen LogP contribution >= 0.6 is 34.9 Å². The number of ether oxygens (including phenoxy) is 2. The van der Waals surface area contributed by atoms with Gasteiger partial charge < -0.3 is 19.4 Å². The summed E-state index contributed by atoms with van der Waals surface area (Å²) in [5, 5.41) is 12.2. The van der Waals surface area contributed by atoms with Gasteiger partial charge in [0, 0.05) is 13.6 Å². The van der Waals surface area contributed by atoms with E-state index in [-0.39, 0.29) is 11.7 Å². The van der Waals surface area contributed by atoms with Crippen LogP contribution in [-0.4, -0.2) is 52.2 Å². The van der Waals surface area contributed by atoms with Gasteiger partial charge in [-0.3, -0.25) is 4.79 Å². The van der Waals surface area contributed by atoms with Crippen LogP contribution in [0.1, 0.15) is 11.4 Å². The van der Waals surface area contributed by atoms with Crippen LogP contribution in [0.25, 0.3) is 10.2 Å². The van der Waals surface area contributed by atoms with E-state index in [4.69, 9.17) is 9.47 Å². The third kappa shape index (κ3) is 6.02. The van der Waals surface area contributed by atoms with E-state index in [2.05, 4.69) is 26.6 Å². The number of hydrogen-bond acceptors (Lipinski definition) is 9. The summed E-state index contributed by atoms with van der Waals surface area (Å²) in [6, 6.07) is 13.9. The first-order valence-corrected chi connectivity index (χ1v) is 13.3. The van der Waals surface area contributed by atoms with Gasteiger partial charge in [-0.25, -0.2) is 4.98 Å². The third-order valence-electron chi connectivity index (χ3n) is 5.04. The SMILES string of the molecule is COc1ccc(CCNC(=O)CSc2nnc(CSc3nc4ccccc4s3)n2C)cc1OC. The van der Waals surface area contributed by atoms with Gasteiger partial charge >= 0.3 is 0 Å². The van der Waals surface area contributed by atoms with Crippen molar-refractivity contribution in [3.05, 3.63) is 53.9 Å². The Labute approximate surface area is 210 Å². The molecule has 0 bridgehead atoms. The summed E-state index contributed by atoms with van der Waals surface area (Å²) in [7, 11) is 5.14. The number of nitrogens with one attached hydrogen (secondary N) is 1. The van der Waals surface area contributed by atoms with Crippen LogP contribution in [0.3, 0.4) is 0 Å². The van der Waals surface area contributed by atoms with E-state index in [1.54, 1.807) is 37.3 Å². The predicted molar refractivity (Wildman–Crippen MR) is 137 cm³/mol. The van der Waals surface area contributed by atoms with Gasteiger partial charge in [-0.1, -0.05) is 41.7 Å². The fourth-order valence-electron chi connectivity index (χ4n) is 3.20. The Morgan fingerprint density at radius 1 is 1.09 bits per heavy atom. The normalized spacial score (nSPS) is 11.0. The molecular formula is C23H25N5O3S3. The van der Waals surface area contributed by atoms with Crippen molar-refractivity contribution in [3.63, 3.8) is 0 Å². The molecule has 0 spiro atoms. The molecule has 1 amide bonds. The molecular weight excluding hydrogens is 490 g/mol. The second-order valence-corrected chi connectivity index (χ2v) is 10.5. The summed E-state index contributed by atoms with van der Waals surface area (Å²) in [6.07, 6.45) is 0.702. The highest BCUT2D eigenvalue weighted by Gasteiger charge is 2.13. The number of thioether (sulfide) groups is 2. The number of thiazole rings is 1. The Bertz CT molecular complexity index is 1240. The van der Waals surface area contributed by atoms with Crippen LogP contribution in [-0.2, 0) is 24.0 Å². The van der Waals surface area contributed by atoms with Gasteiger partial charge in [-0.05, 0) is 36.2 Å². The number of nitrogens with zero attached hydrogens (tertiary/aromatic N) is 4. The lowest BCUT2D eigenvalue weighted by Crippen LogP contribution is -2.27.